The molecule has 0 bridgehead atoms. The maximum absolute atomic E-state index is 5.80. The molecule has 1 N–H and O–H groups in total. The average molecular weight is 247 g/mol. The van der Waals surface area contributed by atoms with E-state index < -0.39 is 0 Å². The van der Waals surface area contributed by atoms with E-state index in [1.165, 1.54) is 0 Å². The van der Waals surface area contributed by atoms with Crippen LogP contribution in [0.4, 0.5) is 0 Å². The van der Waals surface area contributed by atoms with Crippen LogP contribution in [0.15, 0.2) is 35.4 Å². The Morgan fingerprint density at radius 1 is 1.22 bits per heavy atom. The Hall–Kier alpha value is -1.55. The molecule has 0 saturated carbocycles. The van der Waals surface area contributed by atoms with Gasteiger partial charge in [0, 0.05) is 18.5 Å². The van der Waals surface area contributed by atoms with Crippen molar-refractivity contribution < 1.29 is 4.74 Å². The zero-order valence-electron chi connectivity index (χ0n) is 11.1. The van der Waals surface area contributed by atoms with Gasteiger partial charge in [0.15, 0.2) is 0 Å². The summed E-state index contributed by atoms with van der Waals surface area (Å²) in [4.78, 5) is 2.36. The molecule has 1 aliphatic rings. The first kappa shape index (κ1) is 12.9. The van der Waals surface area contributed by atoms with Crippen molar-refractivity contribution in [1.29, 1.82) is 0 Å². The average Bonchev–Trinajstić information content (AvgIpc) is 2.90. The maximum atomic E-state index is 5.80. The minimum absolute atomic E-state index is 0.127. The summed E-state index contributed by atoms with van der Waals surface area (Å²) in [7, 11) is 0. The maximum Gasteiger partial charge on any atom is 0.212 e. The molecule has 1 aliphatic heterocycles. The number of hydrazone groups is 1. The molecule has 0 aromatic heterocycles. The molecule has 0 saturated heterocycles. The first-order valence-electron chi connectivity index (χ1n) is 6.59. The van der Waals surface area contributed by atoms with E-state index in [2.05, 4.69) is 29.3 Å². The van der Waals surface area contributed by atoms with E-state index in [-0.39, 0.29) is 6.23 Å². The van der Waals surface area contributed by atoms with Gasteiger partial charge in [-0.25, -0.2) is 0 Å². The molecule has 1 atom stereocenters. The van der Waals surface area contributed by atoms with Crippen molar-refractivity contribution in [1.82, 2.24) is 10.3 Å². The number of benzene rings is 1. The molecule has 0 fully saturated rings. The van der Waals surface area contributed by atoms with Crippen LogP contribution in [0.2, 0.25) is 0 Å². The van der Waals surface area contributed by atoms with Crippen LogP contribution < -0.4 is 5.43 Å². The molecule has 4 nitrogen and oxygen atoms in total. The van der Waals surface area contributed by atoms with E-state index in [1.807, 2.05) is 30.3 Å². The molecule has 4 heteroatoms. The molecule has 18 heavy (non-hydrogen) atoms. The summed E-state index contributed by atoms with van der Waals surface area (Å²) in [5, 5.41) is 4.25. The Bertz CT molecular complexity index is 387. The molecular formula is C14H21N3O. The third-order valence-electron chi connectivity index (χ3n) is 3.20. The molecule has 2 rings (SSSR count). The second-order valence-electron chi connectivity index (χ2n) is 4.32. The highest BCUT2D eigenvalue weighted by Crippen LogP contribution is 2.19. The number of nitrogens with zero attached hydrogens (tertiary/aromatic N) is 2. The molecule has 0 spiro atoms. The highest BCUT2D eigenvalue weighted by molar-refractivity contribution is 5.77. The van der Waals surface area contributed by atoms with Gasteiger partial charge in [-0.3, -0.25) is 5.43 Å². The van der Waals surface area contributed by atoms with Gasteiger partial charge in [-0.15, -0.1) is 5.10 Å². The minimum Gasteiger partial charge on any atom is -0.450 e. The van der Waals surface area contributed by atoms with Gasteiger partial charge in [-0.05, 0) is 13.1 Å². The van der Waals surface area contributed by atoms with Crippen molar-refractivity contribution in [3.8, 4) is 0 Å². The minimum atomic E-state index is -0.127. The van der Waals surface area contributed by atoms with E-state index in [9.17, 15) is 0 Å². The van der Waals surface area contributed by atoms with Crippen LogP contribution in [0.5, 0.6) is 0 Å². The van der Waals surface area contributed by atoms with Crippen LogP contribution in [0, 0.1) is 0 Å². The standard InChI is InChI=1S/C14H21N3O/c1-3-17(4-2)11-10-13-15-16-14(18-13)12-8-6-5-7-9-12/h5-9,14,16H,3-4,10-11H2,1-2H3. The zero-order chi connectivity index (χ0) is 12.8. The molecule has 0 aliphatic carbocycles. The number of nitrogens with one attached hydrogen (secondary N) is 1. The number of rotatable bonds is 6. The summed E-state index contributed by atoms with van der Waals surface area (Å²) in [6, 6.07) is 10.1. The van der Waals surface area contributed by atoms with E-state index in [0.717, 1.165) is 37.5 Å². The lowest BCUT2D eigenvalue weighted by atomic mass is 10.2. The van der Waals surface area contributed by atoms with E-state index in [4.69, 9.17) is 4.74 Å². The smallest absolute Gasteiger partial charge is 0.212 e. The lowest BCUT2D eigenvalue weighted by molar-refractivity contribution is 0.183. The Morgan fingerprint density at radius 3 is 2.61 bits per heavy atom. The molecule has 1 aromatic carbocycles. The third kappa shape index (κ3) is 3.23. The van der Waals surface area contributed by atoms with Crippen LogP contribution in [-0.2, 0) is 4.74 Å². The van der Waals surface area contributed by atoms with Crippen LogP contribution in [0.3, 0.4) is 0 Å². The molecule has 1 unspecified atom stereocenters. The fourth-order valence-corrected chi connectivity index (χ4v) is 2.00. The Kier molecular flexibility index (Phi) is 4.59. The van der Waals surface area contributed by atoms with Gasteiger partial charge < -0.3 is 9.64 Å². The van der Waals surface area contributed by atoms with Crippen molar-refractivity contribution in [2.45, 2.75) is 26.5 Å². The van der Waals surface area contributed by atoms with E-state index in [1.54, 1.807) is 0 Å². The molecular weight excluding hydrogens is 226 g/mol. The fourth-order valence-electron chi connectivity index (χ4n) is 2.00. The normalized spacial score (nSPS) is 18.4. The number of hydrogen-bond acceptors (Lipinski definition) is 4. The summed E-state index contributed by atoms with van der Waals surface area (Å²) in [5.74, 6) is 0.802. The molecule has 1 aromatic rings. The zero-order valence-corrected chi connectivity index (χ0v) is 11.1. The third-order valence-corrected chi connectivity index (χ3v) is 3.20. The number of ether oxygens (including phenoxy) is 1. The second kappa shape index (κ2) is 6.40. The van der Waals surface area contributed by atoms with E-state index >= 15 is 0 Å². The Morgan fingerprint density at radius 2 is 1.94 bits per heavy atom. The highest BCUT2D eigenvalue weighted by atomic mass is 16.5. The van der Waals surface area contributed by atoms with Crippen molar-refractivity contribution in [3.05, 3.63) is 35.9 Å². The first-order valence-corrected chi connectivity index (χ1v) is 6.59. The van der Waals surface area contributed by atoms with Gasteiger partial charge in [-0.1, -0.05) is 44.2 Å². The second-order valence-corrected chi connectivity index (χ2v) is 4.32. The quantitative estimate of drug-likeness (QED) is 0.838. The predicted octanol–water partition coefficient (Wildman–Crippen LogP) is 2.35. The van der Waals surface area contributed by atoms with Crippen molar-refractivity contribution in [2.75, 3.05) is 19.6 Å². The summed E-state index contributed by atoms with van der Waals surface area (Å²) < 4.78 is 5.80. The van der Waals surface area contributed by atoms with Crippen molar-refractivity contribution >= 4 is 5.90 Å². The number of hydrogen-bond donors (Lipinski definition) is 1. The first-order chi connectivity index (χ1) is 8.83. The van der Waals surface area contributed by atoms with Crippen LogP contribution >= 0.6 is 0 Å². The summed E-state index contributed by atoms with van der Waals surface area (Å²) in [5.41, 5.74) is 4.14. The van der Waals surface area contributed by atoms with Crippen LogP contribution in [0.1, 0.15) is 32.1 Å². The summed E-state index contributed by atoms with van der Waals surface area (Å²) in [6.07, 6.45) is 0.732. The molecule has 0 radical (unpaired) electrons. The molecule has 98 valence electrons. The monoisotopic (exact) mass is 247 g/mol. The molecule has 0 amide bonds. The lowest BCUT2D eigenvalue weighted by Gasteiger charge is -2.17. The molecule has 1 heterocycles. The topological polar surface area (TPSA) is 36.9 Å². The fraction of sp³-hybridized carbons (Fsp3) is 0.500. The van der Waals surface area contributed by atoms with Crippen molar-refractivity contribution in [2.24, 2.45) is 5.10 Å². The van der Waals surface area contributed by atoms with Gasteiger partial charge in [0.25, 0.3) is 0 Å². The van der Waals surface area contributed by atoms with Gasteiger partial charge in [0.1, 0.15) is 0 Å². The van der Waals surface area contributed by atoms with E-state index in [0.29, 0.717) is 0 Å². The van der Waals surface area contributed by atoms with Gasteiger partial charge >= 0.3 is 0 Å². The SMILES string of the molecule is CCN(CC)CCC1=NNC(c2ccccc2)O1. The predicted molar refractivity (Wildman–Crippen MR) is 73.2 cm³/mol. The van der Waals surface area contributed by atoms with Crippen LogP contribution in [0.25, 0.3) is 0 Å². The summed E-state index contributed by atoms with van der Waals surface area (Å²) >= 11 is 0. The summed E-state index contributed by atoms with van der Waals surface area (Å²) in [6.45, 7) is 7.48. The van der Waals surface area contributed by atoms with Crippen LogP contribution in [-0.4, -0.2) is 30.4 Å². The van der Waals surface area contributed by atoms with Gasteiger partial charge in [0.05, 0.1) is 0 Å². The lowest BCUT2D eigenvalue weighted by Crippen LogP contribution is -2.25. The largest absolute Gasteiger partial charge is 0.450 e. The Labute approximate surface area is 109 Å². The highest BCUT2D eigenvalue weighted by Gasteiger charge is 2.20. The van der Waals surface area contributed by atoms with Crippen molar-refractivity contribution in [3.63, 3.8) is 0 Å². The van der Waals surface area contributed by atoms with Gasteiger partial charge in [0.2, 0.25) is 12.1 Å². The van der Waals surface area contributed by atoms with Gasteiger partial charge in [-0.2, -0.15) is 0 Å². The Balaban J connectivity index is 1.81.